The van der Waals surface area contributed by atoms with Crippen LogP contribution in [0.2, 0.25) is 0 Å². The minimum absolute atomic E-state index is 0.556. The molecule has 0 saturated carbocycles. The first-order valence-electron chi connectivity index (χ1n) is 5.17. The van der Waals surface area contributed by atoms with Crippen molar-refractivity contribution in [2.45, 2.75) is 6.54 Å². The molecule has 2 aromatic rings. The molecule has 17 heavy (non-hydrogen) atoms. The Balaban J connectivity index is 1.82. The number of nitrogens with zero attached hydrogens (tertiary/aromatic N) is 3. The lowest BCUT2D eigenvalue weighted by Gasteiger charge is -2.08. The van der Waals surface area contributed by atoms with E-state index >= 15 is 0 Å². The van der Waals surface area contributed by atoms with Crippen LogP contribution in [0.4, 0.5) is 5.82 Å². The van der Waals surface area contributed by atoms with Gasteiger partial charge in [0.15, 0.2) is 10.9 Å². The number of anilines is 1. The zero-order chi connectivity index (χ0) is 12.1. The molecule has 0 aliphatic carbocycles. The van der Waals surface area contributed by atoms with Crippen LogP contribution in [0.1, 0.15) is 5.56 Å². The summed E-state index contributed by atoms with van der Waals surface area (Å²) in [6, 6.07) is 5.74. The molecule has 0 amide bonds. The number of aryl methyl sites for hydroxylation is 1. The Morgan fingerprint density at radius 2 is 2.12 bits per heavy atom. The van der Waals surface area contributed by atoms with E-state index in [1.807, 2.05) is 31.4 Å². The highest BCUT2D eigenvalue weighted by molar-refractivity contribution is 7.80. The molecule has 0 spiro atoms. The van der Waals surface area contributed by atoms with E-state index in [1.54, 1.807) is 17.1 Å². The summed E-state index contributed by atoms with van der Waals surface area (Å²) < 4.78 is 1.72. The summed E-state index contributed by atoms with van der Waals surface area (Å²) in [5.41, 5.74) is 1.13. The van der Waals surface area contributed by atoms with Crippen LogP contribution in [0.25, 0.3) is 0 Å². The number of hydrogen-bond acceptors (Lipinski definition) is 3. The first-order chi connectivity index (χ1) is 8.24. The SMILES string of the molecule is Cn1ccc(NC(=S)NCc2ccncc2)n1. The average Bonchev–Trinajstić information content (AvgIpc) is 2.73. The van der Waals surface area contributed by atoms with Crippen LogP contribution in [0.15, 0.2) is 36.8 Å². The van der Waals surface area contributed by atoms with Gasteiger partial charge < -0.3 is 10.6 Å². The Labute approximate surface area is 105 Å². The fourth-order valence-corrected chi connectivity index (χ4v) is 1.50. The van der Waals surface area contributed by atoms with Gasteiger partial charge >= 0.3 is 0 Å². The van der Waals surface area contributed by atoms with E-state index in [2.05, 4.69) is 20.7 Å². The van der Waals surface area contributed by atoms with Crippen molar-refractivity contribution in [2.75, 3.05) is 5.32 Å². The molecular formula is C11H13N5S. The fraction of sp³-hybridized carbons (Fsp3) is 0.182. The molecule has 2 aromatic heterocycles. The van der Waals surface area contributed by atoms with Crippen LogP contribution in [0.3, 0.4) is 0 Å². The molecule has 88 valence electrons. The van der Waals surface area contributed by atoms with E-state index in [4.69, 9.17) is 12.2 Å². The maximum absolute atomic E-state index is 5.16. The Hall–Kier alpha value is -1.95. The first kappa shape index (κ1) is 11.5. The monoisotopic (exact) mass is 247 g/mol. The van der Waals surface area contributed by atoms with Gasteiger partial charge in [-0.15, -0.1) is 0 Å². The third kappa shape index (κ3) is 3.53. The van der Waals surface area contributed by atoms with Gasteiger partial charge in [-0.3, -0.25) is 9.67 Å². The lowest BCUT2D eigenvalue weighted by Crippen LogP contribution is -2.28. The summed E-state index contributed by atoms with van der Waals surface area (Å²) in [5.74, 6) is 0.736. The molecular weight excluding hydrogens is 234 g/mol. The van der Waals surface area contributed by atoms with Crippen molar-refractivity contribution in [3.05, 3.63) is 42.4 Å². The van der Waals surface area contributed by atoms with Crippen LogP contribution in [0.5, 0.6) is 0 Å². The predicted molar refractivity (Wildman–Crippen MR) is 70.5 cm³/mol. The van der Waals surface area contributed by atoms with Crippen molar-refractivity contribution in [1.82, 2.24) is 20.1 Å². The summed E-state index contributed by atoms with van der Waals surface area (Å²) in [4.78, 5) is 3.95. The number of rotatable bonds is 3. The van der Waals surface area contributed by atoms with Crippen LogP contribution >= 0.6 is 12.2 Å². The maximum Gasteiger partial charge on any atom is 0.172 e. The fourth-order valence-electron chi connectivity index (χ4n) is 1.33. The molecule has 0 radical (unpaired) electrons. The number of thiocarbonyl (C=S) groups is 1. The molecule has 0 bridgehead atoms. The van der Waals surface area contributed by atoms with Crippen molar-refractivity contribution in [1.29, 1.82) is 0 Å². The van der Waals surface area contributed by atoms with Crippen LogP contribution in [-0.2, 0) is 13.6 Å². The average molecular weight is 247 g/mol. The molecule has 0 saturated heterocycles. The van der Waals surface area contributed by atoms with Crippen molar-refractivity contribution in [3.8, 4) is 0 Å². The number of aromatic nitrogens is 3. The second-order valence-corrected chi connectivity index (χ2v) is 3.95. The molecule has 0 atom stereocenters. The third-order valence-corrected chi connectivity index (χ3v) is 2.40. The smallest absolute Gasteiger partial charge is 0.172 e. The van der Waals surface area contributed by atoms with E-state index in [0.717, 1.165) is 11.4 Å². The summed E-state index contributed by atoms with van der Waals surface area (Å²) in [7, 11) is 1.86. The van der Waals surface area contributed by atoms with Gasteiger partial charge in [0, 0.05) is 38.2 Å². The Morgan fingerprint density at radius 3 is 2.76 bits per heavy atom. The highest BCUT2D eigenvalue weighted by atomic mass is 32.1. The van der Waals surface area contributed by atoms with Gasteiger partial charge in [-0.05, 0) is 29.9 Å². The molecule has 0 aromatic carbocycles. The van der Waals surface area contributed by atoms with E-state index in [9.17, 15) is 0 Å². The molecule has 5 nitrogen and oxygen atoms in total. The summed E-state index contributed by atoms with van der Waals surface area (Å²) in [5, 5.41) is 10.8. The minimum atomic E-state index is 0.556. The van der Waals surface area contributed by atoms with Gasteiger partial charge in [-0.1, -0.05) is 0 Å². The molecule has 2 heterocycles. The van der Waals surface area contributed by atoms with Crippen molar-refractivity contribution in [2.24, 2.45) is 7.05 Å². The van der Waals surface area contributed by atoms with E-state index < -0.39 is 0 Å². The molecule has 2 rings (SSSR count). The van der Waals surface area contributed by atoms with Crippen molar-refractivity contribution < 1.29 is 0 Å². The molecule has 2 N–H and O–H groups in total. The molecule has 0 fully saturated rings. The van der Waals surface area contributed by atoms with Gasteiger partial charge in [-0.2, -0.15) is 5.10 Å². The second-order valence-electron chi connectivity index (χ2n) is 3.54. The number of nitrogens with one attached hydrogen (secondary N) is 2. The van der Waals surface area contributed by atoms with Crippen LogP contribution in [0, 0.1) is 0 Å². The van der Waals surface area contributed by atoms with Gasteiger partial charge in [-0.25, -0.2) is 0 Å². The normalized spacial score (nSPS) is 9.94. The summed E-state index contributed by atoms with van der Waals surface area (Å²) in [6.07, 6.45) is 5.37. The molecule has 6 heteroatoms. The zero-order valence-corrected chi connectivity index (χ0v) is 10.2. The number of hydrogen-bond donors (Lipinski definition) is 2. The lowest BCUT2D eigenvalue weighted by atomic mass is 10.3. The minimum Gasteiger partial charge on any atom is -0.358 e. The quantitative estimate of drug-likeness (QED) is 0.801. The highest BCUT2D eigenvalue weighted by Crippen LogP contribution is 2.01. The highest BCUT2D eigenvalue weighted by Gasteiger charge is 1.99. The van der Waals surface area contributed by atoms with Gasteiger partial charge in [0.05, 0.1) is 0 Å². The molecule has 0 aliphatic heterocycles. The predicted octanol–water partition coefficient (Wildman–Crippen LogP) is 1.30. The standard InChI is InChI=1S/C11H13N5S/c1-16-7-4-10(15-16)14-11(17)13-8-9-2-5-12-6-3-9/h2-7H,8H2,1H3,(H2,13,14,15,17). The Bertz CT molecular complexity index is 494. The largest absolute Gasteiger partial charge is 0.358 e. The lowest BCUT2D eigenvalue weighted by molar-refractivity contribution is 0.771. The summed E-state index contributed by atoms with van der Waals surface area (Å²) >= 11 is 5.16. The Morgan fingerprint density at radius 1 is 1.35 bits per heavy atom. The Kier molecular flexibility index (Phi) is 3.66. The van der Waals surface area contributed by atoms with Gasteiger partial charge in [0.1, 0.15) is 0 Å². The van der Waals surface area contributed by atoms with Crippen LogP contribution in [-0.4, -0.2) is 19.9 Å². The van der Waals surface area contributed by atoms with E-state index in [1.165, 1.54) is 0 Å². The second kappa shape index (κ2) is 5.40. The van der Waals surface area contributed by atoms with Crippen molar-refractivity contribution >= 4 is 23.1 Å². The number of pyridine rings is 1. The topological polar surface area (TPSA) is 54.8 Å². The molecule has 0 aliphatic rings. The maximum atomic E-state index is 5.16. The summed E-state index contributed by atoms with van der Waals surface area (Å²) in [6.45, 7) is 0.668. The van der Waals surface area contributed by atoms with Gasteiger partial charge in [0.2, 0.25) is 0 Å². The van der Waals surface area contributed by atoms with Crippen molar-refractivity contribution in [3.63, 3.8) is 0 Å². The first-order valence-corrected chi connectivity index (χ1v) is 5.58. The zero-order valence-electron chi connectivity index (χ0n) is 9.42. The van der Waals surface area contributed by atoms with Gasteiger partial charge in [0.25, 0.3) is 0 Å². The van der Waals surface area contributed by atoms with Crippen LogP contribution < -0.4 is 10.6 Å². The van der Waals surface area contributed by atoms with E-state index in [-0.39, 0.29) is 0 Å². The molecule has 0 unspecified atom stereocenters. The third-order valence-electron chi connectivity index (χ3n) is 2.16. The van der Waals surface area contributed by atoms with E-state index in [0.29, 0.717) is 11.7 Å².